The van der Waals surface area contributed by atoms with Crippen molar-refractivity contribution in [3.8, 4) is 5.75 Å². The van der Waals surface area contributed by atoms with E-state index in [2.05, 4.69) is 33.2 Å². The topological polar surface area (TPSA) is 165 Å². The maximum Gasteiger partial charge on any atom is 0.514 e. The first-order valence-electron chi connectivity index (χ1n) is 6.72. The fourth-order valence-electron chi connectivity index (χ4n) is 1.40. The number of aromatic carboxylic acids is 1. The molecule has 25 heavy (non-hydrogen) atoms. The molecule has 0 radical (unpaired) electrons. The molecule has 0 heterocycles. The zero-order valence-electron chi connectivity index (χ0n) is 13.2. The quantitative estimate of drug-likeness (QED) is 0.250. The summed E-state index contributed by atoms with van der Waals surface area (Å²) < 4.78 is 9.17. The van der Waals surface area contributed by atoms with Crippen LogP contribution in [0.4, 0.5) is 4.79 Å². The highest BCUT2D eigenvalue weighted by atomic mass is 32.1. The minimum absolute atomic E-state index is 0.141. The predicted octanol–water partition coefficient (Wildman–Crippen LogP) is -0.0257. The molecule has 0 saturated carbocycles. The van der Waals surface area contributed by atoms with E-state index in [-0.39, 0.29) is 17.1 Å². The van der Waals surface area contributed by atoms with Crippen LogP contribution in [0.2, 0.25) is 0 Å². The van der Waals surface area contributed by atoms with Gasteiger partial charge in [0.15, 0.2) is 6.61 Å². The lowest BCUT2D eigenvalue weighted by atomic mass is 10.2. The summed E-state index contributed by atoms with van der Waals surface area (Å²) in [6.45, 7) is -0.786. The van der Waals surface area contributed by atoms with Gasteiger partial charge in [-0.3, -0.25) is 4.79 Å². The summed E-state index contributed by atoms with van der Waals surface area (Å²) in [5, 5.41) is 19.7. The van der Waals surface area contributed by atoms with Crippen LogP contribution in [0.5, 0.6) is 5.75 Å². The van der Waals surface area contributed by atoms with E-state index in [9.17, 15) is 19.2 Å². The van der Waals surface area contributed by atoms with Crippen molar-refractivity contribution in [1.82, 2.24) is 5.32 Å². The second-order valence-corrected chi connectivity index (χ2v) is 4.45. The lowest BCUT2D eigenvalue weighted by Gasteiger charge is -2.12. The van der Waals surface area contributed by atoms with Crippen molar-refractivity contribution in [3.05, 3.63) is 29.8 Å². The van der Waals surface area contributed by atoms with E-state index in [0.717, 1.165) is 0 Å². The number of carbonyl (C=O) groups is 4. The Morgan fingerprint density at radius 3 is 2.32 bits per heavy atom. The lowest BCUT2D eigenvalue weighted by molar-refractivity contribution is -0.141. The number of ether oxygens (including phenoxy) is 2. The van der Waals surface area contributed by atoms with E-state index in [4.69, 9.17) is 10.2 Å². The van der Waals surface area contributed by atoms with Gasteiger partial charge in [0.2, 0.25) is 0 Å². The Hall–Kier alpha value is -2.79. The van der Waals surface area contributed by atoms with Crippen LogP contribution < -0.4 is 15.8 Å². The number of amides is 1. The summed E-state index contributed by atoms with van der Waals surface area (Å²) in [7, 11) is 1.50. The maximum absolute atomic E-state index is 11.4. The number of rotatable bonds is 7. The molecule has 0 fully saturated rings. The Morgan fingerprint density at radius 1 is 1.20 bits per heavy atom. The molecular weight excluding hydrogens is 356 g/mol. The fourth-order valence-corrected chi connectivity index (χ4v) is 1.64. The van der Waals surface area contributed by atoms with Gasteiger partial charge in [-0.05, 0) is 19.2 Å². The van der Waals surface area contributed by atoms with Crippen LogP contribution in [0.3, 0.4) is 0 Å². The number of carbonyl (C=O) groups excluding carboxylic acids is 2. The third-order valence-corrected chi connectivity index (χ3v) is 2.81. The van der Waals surface area contributed by atoms with E-state index < -0.39 is 36.6 Å². The number of carboxylic acid groups (broad SMARTS) is 2. The molecule has 1 unspecified atom stereocenters. The van der Waals surface area contributed by atoms with Gasteiger partial charge in [-0.2, -0.15) is 12.6 Å². The van der Waals surface area contributed by atoms with Crippen molar-refractivity contribution in [2.24, 2.45) is 5.73 Å². The van der Waals surface area contributed by atoms with Gasteiger partial charge >= 0.3 is 18.1 Å². The lowest BCUT2D eigenvalue weighted by Crippen LogP contribution is -2.44. The van der Waals surface area contributed by atoms with E-state index in [1.54, 1.807) is 0 Å². The second kappa shape index (κ2) is 11.7. The van der Waals surface area contributed by atoms with Crippen LogP contribution in [0.15, 0.2) is 24.3 Å². The zero-order chi connectivity index (χ0) is 19.4. The number of hydrogen-bond donors (Lipinski definition) is 5. The number of hydrogen-bond acceptors (Lipinski definition) is 8. The predicted molar refractivity (Wildman–Crippen MR) is 88.9 cm³/mol. The standard InChI is InChI=1S/C13H13NO8S.CH5N/c15-10(14-8(6-23)12(18)19)5-21-13(20)22-9-4-2-1-3-7(9)11(16)17;1-2/h1-4,8,23H,5-6H2,(H,14,15)(H,16,17)(H,18,19);2H2,1H3. The Balaban J connectivity index is 0.00000277. The molecule has 0 aromatic heterocycles. The highest BCUT2D eigenvalue weighted by Gasteiger charge is 2.20. The second-order valence-electron chi connectivity index (χ2n) is 4.08. The number of benzene rings is 1. The maximum atomic E-state index is 11.4. The van der Waals surface area contributed by atoms with Gasteiger partial charge in [0.05, 0.1) is 0 Å². The molecule has 1 aromatic carbocycles. The van der Waals surface area contributed by atoms with E-state index in [1.807, 2.05) is 0 Å². The average Bonchev–Trinajstić information content (AvgIpc) is 2.59. The Kier molecular flexibility index (Phi) is 10.4. The van der Waals surface area contributed by atoms with Gasteiger partial charge in [-0.15, -0.1) is 0 Å². The number of nitrogens with one attached hydrogen (secondary N) is 1. The Labute approximate surface area is 148 Å². The molecule has 11 heteroatoms. The van der Waals surface area contributed by atoms with Gasteiger partial charge in [0, 0.05) is 5.75 Å². The normalized spacial score (nSPS) is 10.5. The highest BCUT2D eigenvalue weighted by Crippen LogP contribution is 2.18. The fraction of sp³-hybridized carbons (Fsp3) is 0.286. The number of nitrogens with two attached hydrogens (primary N) is 1. The smallest absolute Gasteiger partial charge is 0.480 e. The summed E-state index contributed by atoms with van der Waals surface area (Å²) in [6, 6.07) is 4.14. The molecule has 1 atom stereocenters. The summed E-state index contributed by atoms with van der Waals surface area (Å²) in [5.74, 6) is -3.84. The van der Waals surface area contributed by atoms with E-state index in [1.165, 1.54) is 31.3 Å². The molecule has 0 saturated heterocycles. The minimum Gasteiger partial charge on any atom is -0.480 e. The largest absolute Gasteiger partial charge is 0.514 e. The van der Waals surface area contributed by atoms with Crippen LogP contribution in [0.1, 0.15) is 10.4 Å². The number of thiol groups is 1. The van der Waals surface area contributed by atoms with Crippen molar-refractivity contribution in [2.45, 2.75) is 6.04 Å². The molecule has 5 N–H and O–H groups in total. The van der Waals surface area contributed by atoms with Gasteiger partial charge in [0.25, 0.3) is 5.91 Å². The average molecular weight is 374 g/mol. The SMILES string of the molecule is CN.O=C(COC(=O)Oc1ccccc1C(=O)O)NC(CS)C(=O)O. The first-order chi connectivity index (χ1) is 11.8. The number of carboxylic acids is 2. The third-order valence-electron chi connectivity index (χ3n) is 2.45. The molecular formula is C14H18N2O8S. The molecule has 10 nitrogen and oxygen atoms in total. The van der Waals surface area contributed by atoms with E-state index in [0.29, 0.717) is 0 Å². The molecule has 1 aromatic rings. The monoisotopic (exact) mass is 374 g/mol. The molecule has 0 aliphatic heterocycles. The molecule has 138 valence electrons. The van der Waals surface area contributed by atoms with Crippen molar-refractivity contribution in [1.29, 1.82) is 0 Å². The summed E-state index contributed by atoms with van der Waals surface area (Å²) in [4.78, 5) is 44.5. The van der Waals surface area contributed by atoms with Gasteiger partial charge < -0.3 is 30.7 Å². The minimum atomic E-state index is -1.30. The van der Waals surface area contributed by atoms with Crippen LogP contribution in [0, 0.1) is 0 Å². The molecule has 1 rings (SSSR count). The van der Waals surface area contributed by atoms with Crippen LogP contribution in [0.25, 0.3) is 0 Å². The van der Waals surface area contributed by atoms with Gasteiger partial charge in [-0.1, -0.05) is 12.1 Å². The van der Waals surface area contributed by atoms with Crippen molar-refractivity contribution >= 4 is 36.6 Å². The van der Waals surface area contributed by atoms with Crippen LogP contribution >= 0.6 is 12.6 Å². The first-order valence-corrected chi connectivity index (χ1v) is 7.36. The van der Waals surface area contributed by atoms with Crippen molar-refractivity contribution in [3.63, 3.8) is 0 Å². The Morgan fingerprint density at radius 2 is 1.80 bits per heavy atom. The van der Waals surface area contributed by atoms with Gasteiger partial charge in [0.1, 0.15) is 17.4 Å². The highest BCUT2D eigenvalue weighted by molar-refractivity contribution is 7.80. The van der Waals surface area contributed by atoms with Crippen LogP contribution in [-0.4, -0.2) is 59.7 Å². The number of para-hydroxylation sites is 1. The summed E-state index contributed by atoms with van der Waals surface area (Å²) in [5.41, 5.74) is 4.25. The Bertz CT molecular complexity index is 623. The first kappa shape index (κ1) is 22.2. The number of aliphatic carboxylic acids is 1. The van der Waals surface area contributed by atoms with Crippen molar-refractivity contribution in [2.75, 3.05) is 19.4 Å². The molecule has 0 bridgehead atoms. The summed E-state index contributed by atoms with van der Waals surface area (Å²) in [6.07, 6.45) is -1.30. The molecule has 1 amide bonds. The van der Waals surface area contributed by atoms with E-state index >= 15 is 0 Å². The molecule has 0 aliphatic rings. The molecule has 0 spiro atoms. The third kappa shape index (κ3) is 8.04. The van der Waals surface area contributed by atoms with Crippen molar-refractivity contribution < 1.29 is 38.9 Å². The van der Waals surface area contributed by atoms with Gasteiger partial charge in [-0.25, -0.2) is 14.4 Å². The zero-order valence-corrected chi connectivity index (χ0v) is 14.1. The summed E-state index contributed by atoms with van der Waals surface area (Å²) >= 11 is 3.75. The van der Waals surface area contributed by atoms with Crippen LogP contribution in [-0.2, 0) is 14.3 Å². The molecule has 0 aliphatic carbocycles.